The van der Waals surface area contributed by atoms with Crippen LogP contribution in [0, 0.1) is 6.92 Å². The van der Waals surface area contributed by atoms with Gasteiger partial charge in [0.2, 0.25) is 0 Å². The summed E-state index contributed by atoms with van der Waals surface area (Å²) < 4.78 is 5.04. The Morgan fingerprint density at radius 3 is 2.76 bits per heavy atom. The monoisotopic (exact) mass is 235 g/mol. The van der Waals surface area contributed by atoms with Crippen molar-refractivity contribution in [3.63, 3.8) is 0 Å². The number of aryl methyl sites for hydroxylation is 1. The summed E-state index contributed by atoms with van der Waals surface area (Å²) in [5.74, 6) is 0.373. The third kappa shape index (κ3) is 2.71. The Hall–Kier alpha value is -1.25. The van der Waals surface area contributed by atoms with Gasteiger partial charge in [-0.15, -0.1) is 0 Å². The molecule has 1 aromatic rings. The Balaban J connectivity index is 2.14. The minimum absolute atomic E-state index is 0.230. The van der Waals surface area contributed by atoms with Gasteiger partial charge in [-0.1, -0.05) is 19.3 Å². The van der Waals surface area contributed by atoms with Gasteiger partial charge >= 0.3 is 5.97 Å². The van der Waals surface area contributed by atoms with Crippen LogP contribution in [-0.4, -0.2) is 17.6 Å². The van der Waals surface area contributed by atoms with Crippen LogP contribution < -0.4 is 0 Å². The van der Waals surface area contributed by atoms with Gasteiger partial charge in [-0.2, -0.15) is 0 Å². The summed E-state index contributed by atoms with van der Waals surface area (Å²) in [6.07, 6.45) is 6.43. The van der Waals surface area contributed by atoms with Gasteiger partial charge in [-0.25, -0.2) is 4.79 Å². The van der Waals surface area contributed by atoms with E-state index in [1.54, 1.807) is 0 Å². The lowest BCUT2D eigenvalue weighted by Gasteiger charge is -2.20. The number of hydrogen-bond donors (Lipinski definition) is 1. The van der Waals surface area contributed by atoms with Gasteiger partial charge in [0.25, 0.3) is 0 Å². The molecule has 0 radical (unpaired) electrons. The van der Waals surface area contributed by atoms with Crippen LogP contribution in [0.1, 0.15) is 66.7 Å². The summed E-state index contributed by atoms with van der Waals surface area (Å²) in [6.45, 7) is 4.23. The van der Waals surface area contributed by atoms with Crippen molar-refractivity contribution in [3.8, 4) is 0 Å². The molecule has 1 N–H and O–H groups in total. The molecule has 1 fully saturated rings. The molecule has 0 aliphatic heterocycles. The summed E-state index contributed by atoms with van der Waals surface area (Å²) >= 11 is 0. The molecule has 0 saturated heterocycles. The number of H-pyrrole nitrogens is 1. The van der Waals surface area contributed by atoms with Crippen molar-refractivity contribution in [2.45, 2.75) is 51.9 Å². The summed E-state index contributed by atoms with van der Waals surface area (Å²) in [6, 6.07) is 2.11. The standard InChI is InChI=1S/C14H21NO2/c1-3-17-14(16)13-10(2)9-12(15-13)11-7-5-4-6-8-11/h9,11,15H,3-8H2,1-2H3. The van der Waals surface area contributed by atoms with Crippen LogP contribution in [0.3, 0.4) is 0 Å². The second kappa shape index (κ2) is 5.39. The van der Waals surface area contributed by atoms with Crippen molar-refractivity contribution in [1.82, 2.24) is 4.98 Å². The molecule has 17 heavy (non-hydrogen) atoms. The van der Waals surface area contributed by atoms with Crippen molar-refractivity contribution in [2.24, 2.45) is 0 Å². The van der Waals surface area contributed by atoms with Gasteiger partial charge in [-0.3, -0.25) is 0 Å². The topological polar surface area (TPSA) is 42.1 Å². The Morgan fingerprint density at radius 1 is 1.41 bits per heavy atom. The van der Waals surface area contributed by atoms with Crippen LogP contribution in [0.2, 0.25) is 0 Å². The first-order valence-electron chi connectivity index (χ1n) is 6.59. The number of carbonyl (C=O) groups excluding carboxylic acids is 1. The third-order valence-corrected chi connectivity index (χ3v) is 3.56. The number of carbonyl (C=O) groups is 1. The highest BCUT2D eigenvalue weighted by atomic mass is 16.5. The zero-order valence-electron chi connectivity index (χ0n) is 10.7. The molecule has 2 rings (SSSR count). The first-order chi connectivity index (χ1) is 8.22. The summed E-state index contributed by atoms with van der Waals surface area (Å²) in [5, 5.41) is 0. The van der Waals surface area contributed by atoms with E-state index in [9.17, 15) is 4.79 Å². The maximum absolute atomic E-state index is 11.7. The molecule has 1 aromatic heterocycles. The van der Waals surface area contributed by atoms with E-state index in [-0.39, 0.29) is 5.97 Å². The van der Waals surface area contributed by atoms with Crippen molar-refractivity contribution in [3.05, 3.63) is 23.0 Å². The number of aromatic nitrogens is 1. The fraction of sp³-hybridized carbons (Fsp3) is 0.643. The zero-order chi connectivity index (χ0) is 12.3. The molecule has 3 heteroatoms. The number of hydrogen-bond acceptors (Lipinski definition) is 2. The van der Waals surface area contributed by atoms with Crippen LogP contribution in [0.5, 0.6) is 0 Å². The molecule has 0 aromatic carbocycles. The molecule has 0 spiro atoms. The summed E-state index contributed by atoms with van der Waals surface area (Å²) in [4.78, 5) is 15.0. The van der Waals surface area contributed by atoms with E-state index < -0.39 is 0 Å². The van der Waals surface area contributed by atoms with Crippen LogP contribution >= 0.6 is 0 Å². The predicted molar refractivity (Wildman–Crippen MR) is 67.3 cm³/mol. The molecule has 0 unspecified atom stereocenters. The van der Waals surface area contributed by atoms with E-state index in [0.29, 0.717) is 18.2 Å². The van der Waals surface area contributed by atoms with Gasteiger partial charge in [0, 0.05) is 5.69 Å². The first-order valence-corrected chi connectivity index (χ1v) is 6.59. The van der Waals surface area contributed by atoms with Crippen LogP contribution in [0.15, 0.2) is 6.07 Å². The third-order valence-electron chi connectivity index (χ3n) is 3.56. The van der Waals surface area contributed by atoms with E-state index in [4.69, 9.17) is 4.74 Å². The highest BCUT2D eigenvalue weighted by Crippen LogP contribution is 2.32. The smallest absolute Gasteiger partial charge is 0.355 e. The largest absolute Gasteiger partial charge is 0.461 e. The number of esters is 1. The number of rotatable bonds is 3. The predicted octanol–water partition coefficient (Wildman–Crippen LogP) is 3.55. The number of aromatic amines is 1. The van der Waals surface area contributed by atoms with E-state index in [1.165, 1.54) is 37.8 Å². The Kier molecular flexibility index (Phi) is 3.87. The number of ether oxygens (including phenoxy) is 1. The lowest BCUT2D eigenvalue weighted by atomic mass is 9.87. The maximum Gasteiger partial charge on any atom is 0.355 e. The quantitative estimate of drug-likeness (QED) is 0.814. The Labute approximate surface area is 103 Å². The Morgan fingerprint density at radius 2 is 2.12 bits per heavy atom. The molecular weight excluding hydrogens is 214 g/mol. The van der Waals surface area contributed by atoms with Gasteiger partial charge < -0.3 is 9.72 Å². The molecular formula is C14H21NO2. The molecule has 1 aliphatic rings. The minimum Gasteiger partial charge on any atom is -0.461 e. The second-order valence-electron chi connectivity index (χ2n) is 4.84. The molecule has 0 bridgehead atoms. The van der Waals surface area contributed by atoms with E-state index >= 15 is 0 Å². The van der Waals surface area contributed by atoms with E-state index in [2.05, 4.69) is 11.1 Å². The van der Waals surface area contributed by atoms with E-state index in [1.807, 2.05) is 13.8 Å². The molecule has 0 amide bonds. The molecule has 94 valence electrons. The van der Waals surface area contributed by atoms with E-state index in [0.717, 1.165) is 5.56 Å². The highest BCUT2D eigenvalue weighted by Gasteiger charge is 2.20. The number of nitrogens with one attached hydrogen (secondary N) is 1. The zero-order valence-corrected chi connectivity index (χ0v) is 10.7. The molecule has 1 heterocycles. The SMILES string of the molecule is CCOC(=O)c1[nH]c(C2CCCCC2)cc1C. The maximum atomic E-state index is 11.7. The summed E-state index contributed by atoms with van der Waals surface area (Å²) in [5.41, 5.74) is 2.85. The lowest BCUT2D eigenvalue weighted by Crippen LogP contribution is -2.08. The fourth-order valence-electron chi connectivity index (χ4n) is 2.63. The molecule has 1 saturated carbocycles. The van der Waals surface area contributed by atoms with Crippen molar-refractivity contribution in [2.75, 3.05) is 6.61 Å². The van der Waals surface area contributed by atoms with Crippen LogP contribution in [0.25, 0.3) is 0 Å². The van der Waals surface area contributed by atoms with Crippen LogP contribution in [0.4, 0.5) is 0 Å². The van der Waals surface area contributed by atoms with Crippen molar-refractivity contribution >= 4 is 5.97 Å². The van der Waals surface area contributed by atoms with Gasteiger partial charge in [0.15, 0.2) is 0 Å². The van der Waals surface area contributed by atoms with Crippen LogP contribution in [-0.2, 0) is 4.74 Å². The van der Waals surface area contributed by atoms with Gasteiger partial charge in [0.1, 0.15) is 5.69 Å². The fourth-order valence-corrected chi connectivity index (χ4v) is 2.63. The molecule has 3 nitrogen and oxygen atoms in total. The normalized spacial score (nSPS) is 17.1. The van der Waals surface area contributed by atoms with Crippen molar-refractivity contribution < 1.29 is 9.53 Å². The van der Waals surface area contributed by atoms with Crippen molar-refractivity contribution in [1.29, 1.82) is 0 Å². The molecule has 0 atom stereocenters. The minimum atomic E-state index is -0.230. The Bertz CT molecular complexity index is 389. The lowest BCUT2D eigenvalue weighted by molar-refractivity contribution is 0.0519. The highest BCUT2D eigenvalue weighted by molar-refractivity contribution is 5.89. The van der Waals surface area contributed by atoms with Gasteiger partial charge in [0.05, 0.1) is 6.61 Å². The first kappa shape index (κ1) is 12.2. The second-order valence-corrected chi connectivity index (χ2v) is 4.84. The molecule has 1 aliphatic carbocycles. The van der Waals surface area contributed by atoms with Gasteiger partial charge in [-0.05, 0) is 44.2 Å². The average molecular weight is 235 g/mol. The summed E-state index contributed by atoms with van der Waals surface area (Å²) in [7, 11) is 0. The average Bonchev–Trinajstić information content (AvgIpc) is 2.73.